The third-order valence-corrected chi connectivity index (χ3v) is 4.65. The Morgan fingerprint density at radius 1 is 1.14 bits per heavy atom. The molecule has 1 aromatic rings. The molecule has 1 aliphatic heterocycles. The van der Waals surface area contributed by atoms with Gasteiger partial charge in [0.1, 0.15) is 5.75 Å². The van der Waals surface area contributed by atoms with Crippen molar-refractivity contribution >= 4 is 5.69 Å². The van der Waals surface area contributed by atoms with Gasteiger partial charge in [0.25, 0.3) is 0 Å². The summed E-state index contributed by atoms with van der Waals surface area (Å²) in [5.41, 5.74) is 1.30. The van der Waals surface area contributed by atoms with Crippen LogP contribution in [0.3, 0.4) is 0 Å². The Hall–Kier alpha value is -1.26. The van der Waals surface area contributed by atoms with E-state index in [9.17, 15) is 0 Å². The van der Waals surface area contributed by atoms with Crippen LogP contribution < -0.4 is 15.0 Å². The fourth-order valence-electron chi connectivity index (χ4n) is 2.97. The average Bonchev–Trinajstić information content (AvgIpc) is 3.37. The molecule has 1 unspecified atom stereocenters. The van der Waals surface area contributed by atoms with Crippen LogP contribution in [0.5, 0.6) is 5.75 Å². The van der Waals surface area contributed by atoms with E-state index in [2.05, 4.69) is 34.2 Å². The largest absolute Gasteiger partial charge is 0.497 e. The third-order valence-electron chi connectivity index (χ3n) is 4.65. The molecule has 1 saturated carbocycles. The van der Waals surface area contributed by atoms with Crippen LogP contribution in [0.4, 0.5) is 5.69 Å². The van der Waals surface area contributed by atoms with Crippen LogP contribution in [0.1, 0.15) is 19.8 Å². The molecule has 116 valence electrons. The van der Waals surface area contributed by atoms with Crippen molar-refractivity contribution < 1.29 is 4.74 Å². The van der Waals surface area contributed by atoms with Gasteiger partial charge in [-0.15, -0.1) is 0 Å². The van der Waals surface area contributed by atoms with Crippen LogP contribution in [-0.2, 0) is 0 Å². The summed E-state index contributed by atoms with van der Waals surface area (Å²) >= 11 is 0. The first-order valence-electron chi connectivity index (χ1n) is 8.12. The number of nitrogens with one attached hydrogen (secondary N) is 1. The second kappa shape index (κ2) is 6.67. The van der Waals surface area contributed by atoms with Gasteiger partial charge in [-0.2, -0.15) is 0 Å². The summed E-state index contributed by atoms with van der Waals surface area (Å²) in [5.74, 6) is 0.928. The lowest BCUT2D eigenvalue weighted by atomic mass is 10.2. The Kier molecular flexibility index (Phi) is 4.66. The number of rotatable bonds is 6. The molecule has 0 radical (unpaired) electrons. The molecule has 1 N–H and O–H groups in total. The highest BCUT2D eigenvalue weighted by Crippen LogP contribution is 2.21. The predicted molar refractivity (Wildman–Crippen MR) is 87.3 cm³/mol. The maximum atomic E-state index is 5.22. The summed E-state index contributed by atoms with van der Waals surface area (Å²) in [5, 5.41) is 3.64. The van der Waals surface area contributed by atoms with Crippen molar-refractivity contribution in [3.8, 4) is 5.75 Å². The van der Waals surface area contributed by atoms with Gasteiger partial charge in [-0.1, -0.05) is 0 Å². The summed E-state index contributed by atoms with van der Waals surface area (Å²) < 4.78 is 5.22. The van der Waals surface area contributed by atoms with Gasteiger partial charge in [-0.25, -0.2) is 0 Å². The van der Waals surface area contributed by atoms with Crippen LogP contribution in [0.2, 0.25) is 0 Å². The topological polar surface area (TPSA) is 27.7 Å². The van der Waals surface area contributed by atoms with E-state index in [1.165, 1.54) is 18.5 Å². The van der Waals surface area contributed by atoms with Gasteiger partial charge in [0.2, 0.25) is 0 Å². The molecule has 21 heavy (non-hydrogen) atoms. The molecule has 0 spiro atoms. The number of benzene rings is 1. The summed E-state index contributed by atoms with van der Waals surface area (Å²) in [6.45, 7) is 8.00. The SMILES string of the molecule is COc1ccc(N2CCN(C(C)CNC3CC3)CC2)cc1. The van der Waals surface area contributed by atoms with Crippen molar-refractivity contribution in [2.45, 2.75) is 31.8 Å². The fraction of sp³-hybridized carbons (Fsp3) is 0.647. The summed E-state index contributed by atoms with van der Waals surface area (Å²) in [7, 11) is 1.71. The number of nitrogens with zero attached hydrogens (tertiary/aromatic N) is 2. The first kappa shape index (κ1) is 14.7. The first-order chi connectivity index (χ1) is 10.3. The lowest BCUT2D eigenvalue weighted by Gasteiger charge is -2.39. The van der Waals surface area contributed by atoms with Crippen molar-refractivity contribution in [1.82, 2.24) is 10.2 Å². The molecule has 1 saturated heterocycles. The van der Waals surface area contributed by atoms with Crippen molar-refractivity contribution in [2.75, 3.05) is 44.7 Å². The highest BCUT2D eigenvalue weighted by atomic mass is 16.5. The molecule has 0 amide bonds. The van der Waals surface area contributed by atoms with E-state index in [0.29, 0.717) is 6.04 Å². The van der Waals surface area contributed by atoms with E-state index in [0.717, 1.165) is 44.5 Å². The summed E-state index contributed by atoms with van der Waals surface area (Å²) in [4.78, 5) is 5.08. The Balaban J connectivity index is 1.46. The van der Waals surface area contributed by atoms with Gasteiger partial charge in [0, 0.05) is 50.5 Å². The number of ether oxygens (including phenoxy) is 1. The minimum atomic E-state index is 0.642. The molecule has 1 aliphatic carbocycles. The summed E-state index contributed by atoms with van der Waals surface area (Å²) in [6, 6.07) is 9.86. The molecule has 0 aromatic heterocycles. The van der Waals surface area contributed by atoms with Crippen molar-refractivity contribution in [2.24, 2.45) is 0 Å². The fourth-order valence-corrected chi connectivity index (χ4v) is 2.97. The van der Waals surface area contributed by atoms with E-state index in [-0.39, 0.29) is 0 Å². The Morgan fingerprint density at radius 3 is 2.38 bits per heavy atom. The van der Waals surface area contributed by atoms with E-state index in [1.807, 2.05) is 12.1 Å². The number of piperazine rings is 1. The number of hydrogen-bond donors (Lipinski definition) is 1. The Bertz CT molecular complexity index is 436. The molecule has 1 heterocycles. The van der Waals surface area contributed by atoms with Crippen molar-refractivity contribution in [3.63, 3.8) is 0 Å². The Labute approximate surface area is 128 Å². The lowest BCUT2D eigenvalue weighted by Crippen LogP contribution is -2.52. The maximum absolute atomic E-state index is 5.22. The second-order valence-electron chi connectivity index (χ2n) is 6.25. The van der Waals surface area contributed by atoms with E-state index >= 15 is 0 Å². The van der Waals surface area contributed by atoms with Crippen LogP contribution >= 0.6 is 0 Å². The molecular weight excluding hydrogens is 262 g/mol. The molecule has 2 aliphatic rings. The van der Waals surface area contributed by atoms with Crippen molar-refractivity contribution in [1.29, 1.82) is 0 Å². The normalized spacial score (nSPS) is 21.3. The maximum Gasteiger partial charge on any atom is 0.119 e. The highest BCUT2D eigenvalue weighted by molar-refractivity contribution is 5.49. The van der Waals surface area contributed by atoms with Crippen LogP contribution in [-0.4, -0.2) is 56.8 Å². The standard InChI is InChI=1S/C17H27N3O/c1-14(13-18-15-3-4-15)19-9-11-20(12-10-19)16-5-7-17(21-2)8-6-16/h5-8,14-15,18H,3-4,9-13H2,1-2H3. The lowest BCUT2D eigenvalue weighted by molar-refractivity contribution is 0.193. The van der Waals surface area contributed by atoms with Crippen LogP contribution in [0, 0.1) is 0 Å². The van der Waals surface area contributed by atoms with Crippen molar-refractivity contribution in [3.05, 3.63) is 24.3 Å². The van der Waals surface area contributed by atoms with E-state index in [1.54, 1.807) is 7.11 Å². The van der Waals surface area contributed by atoms with Gasteiger partial charge in [0.15, 0.2) is 0 Å². The minimum Gasteiger partial charge on any atom is -0.497 e. The molecule has 2 fully saturated rings. The zero-order valence-electron chi connectivity index (χ0n) is 13.2. The molecule has 4 heteroatoms. The van der Waals surface area contributed by atoms with Gasteiger partial charge in [-0.05, 0) is 44.0 Å². The molecule has 4 nitrogen and oxygen atoms in total. The molecular formula is C17H27N3O. The van der Waals surface area contributed by atoms with Crippen LogP contribution in [0.25, 0.3) is 0 Å². The number of methoxy groups -OCH3 is 1. The summed E-state index contributed by atoms with van der Waals surface area (Å²) in [6.07, 6.45) is 2.75. The quantitative estimate of drug-likeness (QED) is 0.866. The van der Waals surface area contributed by atoms with Gasteiger partial charge >= 0.3 is 0 Å². The Morgan fingerprint density at radius 2 is 1.81 bits per heavy atom. The molecule has 0 bridgehead atoms. The number of hydrogen-bond acceptors (Lipinski definition) is 4. The predicted octanol–water partition coefficient (Wildman–Crippen LogP) is 1.96. The van der Waals surface area contributed by atoms with E-state index in [4.69, 9.17) is 4.74 Å². The van der Waals surface area contributed by atoms with Gasteiger partial charge < -0.3 is 15.0 Å². The zero-order chi connectivity index (χ0) is 14.7. The van der Waals surface area contributed by atoms with Gasteiger partial charge in [0.05, 0.1) is 7.11 Å². The average molecular weight is 289 g/mol. The highest BCUT2D eigenvalue weighted by Gasteiger charge is 2.24. The molecule has 3 rings (SSSR count). The second-order valence-corrected chi connectivity index (χ2v) is 6.25. The minimum absolute atomic E-state index is 0.642. The molecule has 1 aromatic carbocycles. The molecule has 1 atom stereocenters. The number of anilines is 1. The van der Waals surface area contributed by atoms with E-state index < -0.39 is 0 Å². The smallest absolute Gasteiger partial charge is 0.119 e. The first-order valence-corrected chi connectivity index (χ1v) is 8.12. The van der Waals surface area contributed by atoms with Crippen LogP contribution in [0.15, 0.2) is 24.3 Å². The van der Waals surface area contributed by atoms with Gasteiger partial charge in [-0.3, -0.25) is 4.90 Å². The monoisotopic (exact) mass is 289 g/mol. The third kappa shape index (κ3) is 3.89. The zero-order valence-corrected chi connectivity index (χ0v) is 13.2.